The Balaban J connectivity index is 3.47. The van der Waals surface area contributed by atoms with E-state index in [1.54, 1.807) is 0 Å². The first-order valence-electron chi connectivity index (χ1n) is 9.15. The minimum atomic E-state index is -0.130. The first kappa shape index (κ1) is 19.9. The third-order valence-corrected chi connectivity index (χ3v) is 4.83. The highest BCUT2D eigenvalue weighted by molar-refractivity contribution is 4.92. The van der Waals surface area contributed by atoms with Crippen LogP contribution in [0.5, 0.6) is 0 Å². The van der Waals surface area contributed by atoms with Crippen LogP contribution in [-0.4, -0.2) is 11.6 Å². The molecule has 0 aliphatic rings. The van der Waals surface area contributed by atoms with Gasteiger partial charge in [-0.15, -0.1) is 0 Å². The van der Waals surface area contributed by atoms with Gasteiger partial charge in [-0.3, -0.25) is 0 Å². The summed E-state index contributed by atoms with van der Waals surface area (Å²) < 4.78 is 0. The number of unbranched alkanes of at least 4 members (excludes halogenated alkanes) is 9. The van der Waals surface area contributed by atoms with E-state index in [0.717, 1.165) is 19.3 Å². The first-order chi connectivity index (χ1) is 9.60. The van der Waals surface area contributed by atoms with Gasteiger partial charge in [0.1, 0.15) is 0 Å². The lowest BCUT2D eigenvalue weighted by Gasteiger charge is -2.34. The smallest absolute Gasteiger partial charge is 0.0305 e. The van der Waals surface area contributed by atoms with Crippen molar-refractivity contribution in [1.82, 2.24) is 0 Å². The van der Waals surface area contributed by atoms with Crippen LogP contribution >= 0.6 is 0 Å². The van der Waals surface area contributed by atoms with Crippen molar-refractivity contribution >= 4 is 0 Å². The molecule has 0 saturated heterocycles. The van der Waals surface area contributed by atoms with Crippen LogP contribution in [0.1, 0.15) is 104 Å². The van der Waals surface area contributed by atoms with Gasteiger partial charge in [-0.25, -0.2) is 0 Å². The van der Waals surface area contributed by atoms with Crippen molar-refractivity contribution in [1.29, 1.82) is 0 Å². The Hall–Kier alpha value is -0.0800. The number of hydrogen-bond donors (Lipinski definition) is 2. The molecule has 4 N–H and O–H groups in total. The fourth-order valence-electron chi connectivity index (χ4n) is 2.97. The molecule has 2 atom stereocenters. The highest BCUT2D eigenvalue weighted by Gasteiger charge is 2.28. The van der Waals surface area contributed by atoms with Crippen molar-refractivity contribution in [2.45, 2.75) is 116 Å². The van der Waals surface area contributed by atoms with Gasteiger partial charge in [0, 0.05) is 11.6 Å². The standard InChI is InChI=1S/C18H40N2/c1-4-7-8-9-10-11-12-13-14-15-16-18(20,6-3)17(19)5-2/h17H,4-16,19-20H2,1-3H3. The van der Waals surface area contributed by atoms with E-state index in [-0.39, 0.29) is 11.6 Å². The monoisotopic (exact) mass is 284 g/mol. The summed E-state index contributed by atoms with van der Waals surface area (Å²) in [4.78, 5) is 0. The van der Waals surface area contributed by atoms with Crippen LogP contribution in [0.3, 0.4) is 0 Å². The molecule has 0 spiro atoms. The van der Waals surface area contributed by atoms with Gasteiger partial charge in [-0.05, 0) is 19.3 Å². The summed E-state index contributed by atoms with van der Waals surface area (Å²) in [7, 11) is 0. The molecule has 0 amide bonds. The molecule has 0 aromatic heterocycles. The zero-order valence-electron chi connectivity index (χ0n) is 14.4. The molecule has 0 fully saturated rings. The van der Waals surface area contributed by atoms with E-state index in [0.29, 0.717) is 0 Å². The minimum Gasteiger partial charge on any atom is -0.326 e. The molecule has 2 nitrogen and oxygen atoms in total. The molecule has 0 rings (SSSR count). The van der Waals surface area contributed by atoms with Gasteiger partial charge in [0.05, 0.1) is 0 Å². The minimum absolute atomic E-state index is 0.130. The normalized spacial score (nSPS) is 16.1. The van der Waals surface area contributed by atoms with Gasteiger partial charge >= 0.3 is 0 Å². The van der Waals surface area contributed by atoms with Crippen LogP contribution in [0.15, 0.2) is 0 Å². The molecule has 122 valence electrons. The number of nitrogens with two attached hydrogens (primary N) is 2. The quantitative estimate of drug-likeness (QED) is 0.434. The van der Waals surface area contributed by atoms with Gasteiger partial charge < -0.3 is 11.5 Å². The molecule has 2 unspecified atom stereocenters. The molecule has 0 saturated carbocycles. The molecule has 0 aliphatic heterocycles. The molecular weight excluding hydrogens is 244 g/mol. The molecule has 0 aromatic rings. The van der Waals surface area contributed by atoms with E-state index in [2.05, 4.69) is 20.8 Å². The topological polar surface area (TPSA) is 52.0 Å². The molecule has 0 aromatic carbocycles. The lowest BCUT2D eigenvalue weighted by molar-refractivity contribution is 0.292. The SMILES string of the molecule is CCCCCCCCCCCCC(N)(CC)C(N)CC. The Morgan fingerprint density at radius 1 is 0.750 bits per heavy atom. The Morgan fingerprint density at radius 3 is 1.60 bits per heavy atom. The van der Waals surface area contributed by atoms with E-state index in [1.165, 1.54) is 64.2 Å². The highest BCUT2D eigenvalue weighted by Crippen LogP contribution is 2.21. The van der Waals surface area contributed by atoms with Crippen molar-refractivity contribution in [3.05, 3.63) is 0 Å². The summed E-state index contributed by atoms with van der Waals surface area (Å²) in [6.07, 6.45) is 16.9. The van der Waals surface area contributed by atoms with E-state index in [4.69, 9.17) is 11.5 Å². The Labute approximate surface area is 128 Å². The van der Waals surface area contributed by atoms with E-state index in [1.807, 2.05) is 0 Å². The van der Waals surface area contributed by atoms with E-state index < -0.39 is 0 Å². The lowest BCUT2D eigenvalue weighted by atomic mass is 9.82. The fourth-order valence-corrected chi connectivity index (χ4v) is 2.97. The average Bonchev–Trinajstić information content (AvgIpc) is 2.48. The van der Waals surface area contributed by atoms with Gasteiger partial charge in [0.2, 0.25) is 0 Å². The maximum atomic E-state index is 6.44. The molecule has 0 bridgehead atoms. The maximum absolute atomic E-state index is 6.44. The third-order valence-electron chi connectivity index (χ3n) is 4.83. The van der Waals surface area contributed by atoms with Crippen molar-refractivity contribution < 1.29 is 0 Å². The van der Waals surface area contributed by atoms with Crippen LogP contribution in [0.2, 0.25) is 0 Å². The van der Waals surface area contributed by atoms with Crippen LogP contribution < -0.4 is 11.5 Å². The van der Waals surface area contributed by atoms with Crippen molar-refractivity contribution in [3.8, 4) is 0 Å². The Morgan fingerprint density at radius 2 is 1.20 bits per heavy atom. The first-order valence-corrected chi connectivity index (χ1v) is 9.15. The van der Waals surface area contributed by atoms with Gasteiger partial charge in [-0.2, -0.15) is 0 Å². The summed E-state index contributed by atoms with van der Waals surface area (Å²) in [5.74, 6) is 0. The number of hydrogen-bond acceptors (Lipinski definition) is 2. The summed E-state index contributed by atoms with van der Waals surface area (Å²) in [5.41, 5.74) is 12.5. The summed E-state index contributed by atoms with van der Waals surface area (Å²) in [5, 5.41) is 0. The van der Waals surface area contributed by atoms with Crippen LogP contribution in [0.4, 0.5) is 0 Å². The van der Waals surface area contributed by atoms with Crippen molar-refractivity contribution in [3.63, 3.8) is 0 Å². The fraction of sp³-hybridized carbons (Fsp3) is 1.00. The van der Waals surface area contributed by atoms with Crippen LogP contribution in [-0.2, 0) is 0 Å². The molecule has 2 heteroatoms. The van der Waals surface area contributed by atoms with E-state index in [9.17, 15) is 0 Å². The maximum Gasteiger partial charge on any atom is 0.0305 e. The predicted molar refractivity (Wildman–Crippen MR) is 91.9 cm³/mol. The lowest BCUT2D eigenvalue weighted by Crippen LogP contribution is -2.54. The van der Waals surface area contributed by atoms with Crippen LogP contribution in [0, 0.1) is 0 Å². The average molecular weight is 285 g/mol. The van der Waals surface area contributed by atoms with Crippen molar-refractivity contribution in [2.24, 2.45) is 11.5 Å². The number of rotatable bonds is 14. The second-order valence-electron chi connectivity index (χ2n) is 6.53. The summed E-state index contributed by atoms with van der Waals surface area (Å²) in [6, 6.07) is 0.158. The summed E-state index contributed by atoms with van der Waals surface area (Å²) in [6.45, 7) is 6.59. The Bertz CT molecular complexity index is 206. The molecule has 20 heavy (non-hydrogen) atoms. The zero-order chi connectivity index (χ0) is 15.3. The van der Waals surface area contributed by atoms with Gasteiger partial charge in [-0.1, -0.05) is 85.0 Å². The zero-order valence-corrected chi connectivity index (χ0v) is 14.4. The van der Waals surface area contributed by atoms with Crippen LogP contribution in [0.25, 0.3) is 0 Å². The molecular formula is C18H40N2. The largest absolute Gasteiger partial charge is 0.326 e. The second kappa shape index (κ2) is 12.6. The molecule has 0 radical (unpaired) electrons. The summed E-state index contributed by atoms with van der Waals surface area (Å²) >= 11 is 0. The molecule has 0 aliphatic carbocycles. The van der Waals surface area contributed by atoms with E-state index >= 15 is 0 Å². The third kappa shape index (κ3) is 8.97. The second-order valence-corrected chi connectivity index (χ2v) is 6.53. The van der Waals surface area contributed by atoms with Crippen molar-refractivity contribution in [2.75, 3.05) is 0 Å². The predicted octanol–water partition coefficient (Wildman–Crippen LogP) is 5.14. The highest BCUT2D eigenvalue weighted by atomic mass is 14.8. The van der Waals surface area contributed by atoms with Gasteiger partial charge in [0.15, 0.2) is 0 Å². The molecule has 0 heterocycles. The van der Waals surface area contributed by atoms with Gasteiger partial charge in [0.25, 0.3) is 0 Å². The Kier molecular flexibility index (Phi) is 12.6.